The van der Waals surface area contributed by atoms with Crippen LogP contribution < -0.4 is 5.32 Å². The first-order chi connectivity index (χ1) is 11.3. The number of benzene rings is 1. The van der Waals surface area contributed by atoms with Crippen molar-refractivity contribution < 1.29 is 8.83 Å². The van der Waals surface area contributed by atoms with Crippen LogP contribution in [0.25, 0.3) is 11.1 Å². The molecule has 0 amide bonds. The molecule has 8 heteroatoms. The maximum Gasteiger partial charge on any atom is 0.230 e. The van der Waals surface area contributed by atoms with E-state index in [-0.39, 0.29) is 12.4 Å². The largest absolute Gasteiger partial charge is 0.440 e. The summed E-state index contributed by atoms with van der Waals surface area (Å²) in [6.07, 6.45) is 0.419. The molecule has 128 valence electrons. The second kappa shape index (κ2) is 7.29. The number of nitrogens with one attached hydrogen (secondary N) is 1. The van der Waals surface area contributed by atoms with Crippen LogP contribution in [0.2, 0.25) is 0 Å². The van der Waals surface area contributed by atoms with E-state index in [0.29, 0.717) is 30.6 Å². The Hall–Kier alpha value is -1.96. The molecule has 0 saturated carbocycles. The monoisotopic (exact) mass is 349 g/mol. The molecule has 7 nitrogen and oxygen atoms in total. The molecular weight excluding hydrogens is 330 g/mol. The quantitative estimate of drug-likeness (QED) is 0.770. The molecular formula is C16H20ClN5O2. The van der Waals surface area contributed by atoms with Crippen LogP contribution in [0.3, 0.4) is 0 Å². The molecule has 2 aromatic heterocycles. The Kier molecular flexibility index (Phi) is 5.13. The predicted octanol–water partition coefficient (Wildman–Crippen LogP) is 1.94. The number of rotatable bonds is 4. The van der Waals surface area contributed by atoms with E-state index in [2.05, 4.69) is 25.4 Å². The highest BCUT2D eigenvalue weighted by atomic mass is 35.5. The van der Waals surface area contributed by atoms with Gasteiger partial charge in [0.1, 0.15) is 11.9 Å². The molecule has 1 fully saturated rings. The van der Waals surface area contributed by atoms with Gasteiger partial charge in [-0.15, -0.1) is 22.6 Å². The minimum absolute atomic E-state index is 0. The first-order valence-electron chi connectivity index (χ1n) is 7.87. The smallest absolute Gasteiger partial charge is 0.230 e. The van der Waals surface area contributed by atoms with Crippen LogP contribution in [0.4, 0.5) is 0 Å². The molecule has 3 aromatic rings. The van der Waals surface area contributed by atoms with Crippen molar-refractivity contribution in [3.05, 3.63) is 41.4 Å². The fraction of sp³-hybridized carbons (Fsp3) is 0.438. The number of fused-ring (bicyclic) bond motifs is 1. The molecule has 1 aliphatic rings. The van der Waals surface area contributed by atoms with Crippen molar-refractivity contribution in [3.63, 3.8) is 0 Å². The summed E-state index contributed by atoms with van der Waals surface area (Å²) in [6.45, 7) is 6.74. The summed E-state index contributed by atoms with van der Waals surface area (Å²) in [4.78, 5) is 6.78. The van der Waals surface area contributed by atoms with Gasteiger partial charge in [0.05, 0.1) is 6.54 Å². The Morgan fingerprint density at radius 2 is 1.88 bits per heavy atom. The number of aromatic nitrogens is 3. The molecule has 4 rings (SSSR count). The highest BCUT2D eigenvalue weighted by Gasteiger charge is 2.16. The van der Waals surface area contributed by atoms with E-state index in [9.17, 15) is 0 Å². The molecule has 24 heavy (non-hydrogen) atoms. The van der Waals surface area contributed by atoms with Gasteiger partial charge in [0.2, 0.25) is 17.7 Å². The summed E-state index contributed by atoms with van der Waals surface area (Å²) in [5, 5.41) is 11.6. The van der Waals surface area contributed by atoms with E-state index < -0.39 is 0 Å². The normalized spacial score (nSPS) is 15.5. The predicted molar refractivity (Wildman–Crippen MR) is 91.2 cm³/mol. The summed E-state index contributed by atoms with van der Waals surface area (Å²) in [5.74, 6) is 1.79. The third-order valence-electron chi connectivity index (χ3n) is 3.97. The van der Waals surface area contributed by atoms with Gasteiger partial charge in [0.15, 0.2) is 5.58 Å². The van der Waals surface area contributed by atoms with E-state index in [1.54, 1.807) is 0 Å². The second-order valence-corrected chi connectivity index (χ2v) is 5.87. The van der Waals surface area contributed by atoms with E-state index >= 15 is 0 Å². The number of oxazole rings is 1. The van der Waals surface area contributed by atoms with Crippen molar-refractivity contribution in [1.29, 1.82) is 0 Å². The molecule has 1 aliphatic heterocycles. The number of nitrogens with zero attached hydrogens (tertiary/aromatic N) is 4. The summed E-state index contributed by atoms with van der Waals surface area (Å²) in [5.41, 5.74) is 2.81. The van der Waals surface area contributed by atoms with Gasteiger partial charge < -0.3 is 14.2 Å². The molecule has 1 aromatic carbocycles. The van der Waals surface area contributed by atoms with Crippen LogP contribution in [-0.4, -0.2) is 46.3 Å². The van der Waals surface area contributed by atoms with E-state index in [1.165, 1.54) is 0 Å². The molecule has 0 bridgehead atoms. The molecule has 0 unspecified atom stereocenters. The maximum atomic E-state index is 5.73. The molecule has 0 radical (unpaired) electrons. The second-order valence-electron chi connectivity index (χ2n) is 5.87. The fourth-order valence-electron chi connectivity index (χ4n) is 2.77. The van der Waals surface area contributed by atoms with E-state index in [4.69, 9.17) is 8.83 Å². The van der Waals surface area contributed by atoms with Crippen molar-refractivity contribution in [2.45, 2.75) is 19.9 Å². The van der Waals surface area contributed by atoms with Crippen LogP contribution in [0, 0.1) is 6.92 Å². The Morgan fingerprint density at radius 3 is 2.71 bits per heavy atom. The van der Waals surface area contributed by atoms with Gasteiger partial charge in [-0.05, 0) is 24.6 Å². The average molecular weight is 350 g/mol. The highest BCUT2D eigenvalue weighted by Crippen LogP contribution is 2.19. The Balaban J connectivity index is 0.00000169. The van der Waals surface area contributed by atoms with Gasteiger partial charge in [0.25, 0.3) is 0 Å². The molecule has 3 heterocycles. The standard InChI is InChI=1S/C16H19N5O2.ClH/c1-11-2-3-13-12(8-11)18-14(22-13)9-15-19-20-16(23-15)10-21-6-4-17-5-7-21;/h2-3,8,17H,4-7,9-10H2,1H3;1H. The summed E-state index contributed by atoms with van der Waals surface area (Å²) < 4.78 is 11.5. The maximum absolute atomic E-state index is 5.73. The first-order valence-corrected chi connectivity index (χ1v) is 7.87. The summed E-state index contributed by atoms with van der Waals surface area (Å²) in [7, 11) is 0. The zero-order valence-electron chi connectivity index (χ0n) is 13.5. The zero-order chi connectivity index (χ0) is 15.6. The van der Waals surface area contributed by atoms with Gasteiger partial charge in [-0.3, -0.25) is 4.90 Å². The van der Waals surface area contributed by atoms with Crippen LogP contribution in [0.15, 0.2) is 27.0 Å². The van der Waals surface area contributed by atoms with Crippen LogP contribution in [0.1, 0.15) is 23.2 Å². The van der Waals surface area contributed by atoms with Crippen molar-refractivity contribution in [2.75, 3.05) is 26.2 Å². The Morgan fingerprint density at radius 1 is 1.08 bits per heavy atom. The van der Waals surface area contributed by atoms with Gasteiger partial charge in [-0.2, -0.15) is 0 Å². The average Bonchev–Trinajstić information content (AvgIpc) is 3.14. The van der Waals surface area contributed by atoms with Crippen LogP contribution in [0.5, 0.6) is 0 Å². The lowest BCUT2D eigenvalue weighted by atomic mass is 10.2. The number of piperazine rings is 1. The minimum atomic E-state index is 0. The number of hydrogen-bond donors (Lipinski definition) is 1. The Labute approximate surface area is 145 Å². The van der Waals surface area contributed by atoms with Crippen molar-refractivity contribution in [1.82, 2.24) is 25.4 Å². The summed E-state index contributed by atoms with van der Waals surface area (Å²) in [6, 6.07) is 5.95. The van der Waals surface area contributed by atoms with E-state index in [0.717, 1.165) is 42.8 Å². The SMILES string of the molecule is Cc1ccc2oc(Cc3nnc(CN4CCNCC4)o3)nc2c1.Cl. The molecule has 1 saturated heterocycles. The topological polar surface area (TPSA) is 80.2 Å². The molecule has 1 N–H and O–H groups in total. The van der Waals surface area contributed by atoms with Crippen LogP contribution >= 0.6 is 12.4 Å². The third kappa shape index (κ3) is 3.75. The third-order valence-corrected chi connectivity index (χ3v) is 3.97. The van der Waals surface area contributed by atoms with Crippen molar-refractivity contribution >= 4 is 23.5 Å². The van der Waals surface area contributed by atoms with Crippen molar-refractivity contribution in [3.8, 4) is 0 Å². The first kappa shape index (κ1) is 16.9. The fourth-order valence-corrected chi connectivity index (χ4v) is 2.77. The lowest BCUT2D eigenvalue weighted by molar-refractivity contribution is 0.210. The van der Waals surface area contributed by atoms with Gasteiger partial charge >= 0.3 is 0 Å². The Bertz CT molecular complexity index is 810. The van der Waals surface area contributed by atoms with Gasteiger partial charge in [-0.25, -0.2) is 4.98 Å². The summed E-state index contributed by atoms with van der Waals surface area (Å²) >= 11 is 0. The molecule has 0 aliphatic carbocycles. The minimum Gasteiger partial charge on any atom is -0.440 e. The highest BCUT2D eigenvalue weighted by molar-refractivity contribution is 5.85. The van der Waals surface area contributed by atoms with Crippen LogP contribution in [-0.2, 0) is 13.0 Å². The van der Waals surface area contributed by atoms with Gasteiger partial charge in [-0.1, -0.05) is 6.07 Å². The van der Waals surface area contributed by atoms with E-state index in [1.807, 2.05) is 25.1 Å². The van der Waals surface area contributed by atoms with Gasteiger partial charge in [0, 0.05) is 26.2 Å². The van der Waals surface area contributed by atoms with Crippen molar-refractivity contribution in [2.24, 2.45) is 0 Å². The number of halogens is 1. The number of hydrogen-bond acceptors (Lipinski definition) is 7. The lowest BCUT2D eigenvalue weighted by Gasteiger charge is -2.25. The zero-order valence-corrected chi connectivity index (χ0v) is 14.3. The molecule has 0 atom stereocenters. The lowest BCUT2D eigenvalue weighted by Crippen LogP contribution is -2.42. The number of aryl methyl sites for hydroxylation is 1. The molecule has 0 spiro atoms.